The summed E-state index contributed by atoms with van der Waals surface area (Å²) in [5, 5.41) is 6.47. The fraction of sp³-hybridized carbons (Fsp3) is 0.250. The smallest absolute Gasteiger partial charge is 0.453 e. The van der Waals surface area contributed by atoms with Crippen LogP contribution in [0.4, 0.5) is 23.5 Å². The number of furan rings is 1. The lowest BCUT2D eigenvalue weighted by atomic mass is 9.79. The van der Waals surface area contributed by atoms with Crippen molar-refractivity contribution >= 4 is 11.7 Å². The number of alkyl halides is 3. The number of anilines is 1. The lowest BCUT2D eigenvalue weighted by molar-refractivity contribution is -0.145. The van der Waals surface area contributed by atoms with Crippen LogP contribution in [0.1, 0.15) is 41.9 Å². The van der Waals surface area contributed by atoms with Crippen LogP contribution in [0.3, 0.4) is 0 Å². The second kappa shape index (κ2) is 6.54. The lowest BCUT2D eigenvalue weighted by Gasteiger charge is -2.34. The third-order valence-electron chi connectivity index (χ3n) is 5.30. The Morgan fingerprint density at radius 1 is 1.13 bits per heavy atom. The highest BCUT2D eigenvalue weighted by Gasteiger charge is 2.43. The highest BCUT2D eigenvalue weighted by Crippen LogP contribution is 2.44. The van der Waals surface area contributed by atoms with Crippen LogP contribution in [0.25, 0.3) is 0 Å². The number of benzene rings is 1. The Morgan fingerprint density at radius 2 is 1.90 bits per heavy atom. The summed E-state index contributed by atoms with van der Waals surface area (Å²) in [6.07, 6.45) is -2.74. The summed E-state index contributed by atoms with van der Waals surface area (Å²) in [5.74, 6) is -1.80. The van der Waals surface area contributed by atoms with Crippen molar-refractivity contribution in [1.82, 2.24) is 14.8 Å². The number of hydrogen-bond donors (Lipinski definition) is 1. The molecular formula is C20H14F4N4O2. The van der Waals surface area contributed by atoms with E-state index in [0.29, 0.717) is 29.0 Å². The number of fused-ring (bicyclic) bond motifs is 1. The number of hydrogen-bond acceptors (Lipinski definition) is 5. The Labute approximate surface area is 167 Å². The molecule has 30 heavy (non-hydrogen) atoms. The van der Waals surface area contributed by atoms with Crippen LogP contribution in [0.2, 0.25) is 0 Å². The van der Waals surface area contributed by atoms with E-state index in [1.807, 2.05) is 0 Å². The highest BCUT2D eigenvalue weighted by molar-refractivity contribution is 6.00. The first-order valence-electron chi connectivity index (χ1n) is 9.17. The van der Waals surface area contributed by atoms with Crippen LogP contribution < -0.4 is 5.32 Å². The summed E-state index contributed by atoms with van der Waals surface area (Å²) in [5.41, 5.74) is 1.21. The number of nitrogens with zero attached hydrogens (tertiary/aromatic N) is 3. The van der Waals surface area contributed by atoms with Gasteiger partial charge in [-0.15, -0.1) is 5.10 Å². The number of carbonyl (C=O) groups excluding carboxylic acids is 1. The molecule has 0 saturated carbocycles. The van der Waals surface area contributed by atoms with Gasteiger partial charge in [0.1, 0.15) is 17.6 Å². The van der Waals surface area contributed by atoms with Crippen molar-refractivity contribution < 1.29 is 26.8 Å². The molecule has 2 atom stereocenters. The third kappa shape index (κ3) is 2.99. The zero-order valence-corrected chi connectivity index (χ0v) is 15.3. The van der Waals surface area contributed by atoms with Gasteiger partial charge in [-0.1, -0.05) is 12.1 Å². The molecule has 2 aromatic heterocycles. The van der Waals surface area contributed by atoms with Crippen LogP contribution >= 0.6 is 0 Å². The third-order valence-corrected chi connectivity index (χ3v) is 5.30. The van der Waals surface area contributed by atoms with E-state index in [-0.39, 0.29) is 24.1 Å². The Balaban J connectivity index is 1.64. The molecule has 0 bridgehead atoms. The molecule has 1 aliphatic carbocycles. The average Bonchev–Trinajstić information content (AvgIpc) is 3.36. The number of halogens is 4. The molecule has 3 aromatic rings. The van der Waals surface area contributed by atoms with Gasteiger partial charge in [0.25, 0.3) is 5.82 Å². The minimum Gasteiger partial charge on any atom is -0.469 e. The highest BCUT2D eigenvalue weighted by atomic mass is 19.4. The lowest BCUT2D eigenvalue weighted by Crippen LogP contribution is -2.33. The topological polar surface area (TPSA) is 73.0 Å². The predicted molar refractivity (Wildman–Crippen MR) is 95.9 cm³/mol. The summed E-state index contributed by atoms with van der Waals surface area (Å²) >= 11 is 0. The summed E-state index contributed by atoms with van der Waals surface area (Å²) in [4.78, 5) is 16.7. The van der Waals surface area contributed by atoms with Crippen molar-refractivity contribution in [2.75, 3.05) is 5.32 Å². The molecule has 0 radical (unpaired) electrons. The van der Waals surface area contributed by atoms with E-state index < -0.39 is 23.9 Å². The van der Waals surface area contributed by atoms with Gasteiger partial charge in [-0.2, -0.15) is 18.2 Å². The first-order valence-corrected chi connectivity index (χ1v) is 9.17. The monoisotopic (exact) mass is 418 g/mol. The molecular weight excluding hydrogens is 404 g/mol. The number of ketones is 1. The normalized spacial score (nSPS) is 21.3. The largest absolute Gasteiger partial charge is 0.469 e. The SMILES string of the molecule is O=C1C[C@H](c2ccco2)CC2=C1[C@@H](c1ccc(F)cc1)n1nc(C(F)(F)F)nc1N2. The van der Waals surface area contributed by atoms with Crippen molar-refractivity contribution in [1.29, 1.82) is 0 Å². The second-order valence-electron chi connectivity index (χ2n) is 7.22. The van der Waals surface area contributed by atoms with E-state index >= 15 is 0 Å². The van der Waals surface area contributed by atoms with Crippen molar-refractivity contribution in [2.45, 2.75) is 31.0 Å². The van der Waals surface area contributed by atoms with E-state index in [2.05, 4.69) is 15.4 Å². The maximum absolute atomic E-state index is 13.4. The molecule has 0 fully saturated rings. The van der Waals surface area contributed by atoms with E-state index in [1.54, 1.807) is 12.1 Å². The van der Waals surface area contributed by atoms with Crippen LogP contribution in [0.5, 0.6) is 0 Å². The van der Waals surface area contributed by atoms with Crippen LogP contribution in [-0.2, 0) is 11.0 Å². The van der Waals surface area contributed by atoms with E-state index in [9.17, 15) is 22.4 Å². The molecule has 2 aliphatic rings. The summed E-state index contributed by atoms with van der Waals surface area (Å²) < 4.78 is 59.6. The molecule has 0 spiro atoms. The Kier molecular flexibility index (Phi) is 4.05. The van der Waals surface area contributed by atoms with Crippen LogP contribution in [-0.4, -0.2) is 20.5 Å². The second-order valence-corrected chi connectivity index (χ2v) is 7.22. The molecule has 0 amide bonds. The molecule has 0 saturated heterocycles. The fourth-order valence-corrected chi connectivity index (χ4v) is 4.01. The minimum absolute atomic E-state index is 0.122. The fourth-order valence-electron chi connectivity index (χ4n) is 4.01. The first-order chi connectivity index (χ1) is 14.3. The standard InChI is InChI=1S/C20H14F4N4O2/c21-12-5-3-10(4-6-12)17-16-13(8-11(9-14(16)29)15-2-1-7-30-15)25-19-26-18(20(22,23)24)27-28(17)19/h1-7,11,17H,8-9H2,(H,25,26,27)/t11-,17-/m1/s1. The molecule has 3 heterocycles. The number of rotatable bonds is 2. The van der Waals surface area contributed by atoms with Crippen LogP contribution in [0.15, 0.2) is 58.3 Å². The van der Waals surface area contributed by atoms with Crippen molar-refractivity contribution in [3.05, 3.63) is 76.9 Å². The van der Waals surface area contributed by atoms with Gasteiger partial charge >= 0.3 is 6.18 Å². The average molecular weight is 418 g/mol. The molecule has 1 aliphatic heterocycles. The number of allylic oxidation sites excluding steroid dienone is 2. The van der Waals surface area contributed by atoms with Crippen molar-refractivity contribution in [2.24, 2.45) is 0 Å². The molecule has 1 aromatic carbocycles. The Bertz CT molecular complexity index is 1150. The van der Waals surface area contributed by atoms with Gasteiger partial charge in [-0.3, -0.25) is 4.79 Å². The zero-order chi connectivity index (χ0) is 21.0. The maximum atomic E-state index is 13.4. The molecule has 5 rings (SSSR count). The predicted octanol–water partition coefficient (Wildman–Crippen LogP) is 4.44. The van der Waals surface area contributed by atoms with Gasteiger partial charge in [0.15, 0.2) is 5.78 Å². The van der Waals surface area contributed by atoms with Gasteiger partial charge in [0.2, 0.25) is 5.95 Å². The van der Waals surface area contributed by atoms with Crippen molar-refractivity contribution in [3.63, 3.8) is 0 Å². The quantitative estimate of drug-likeness (QED) is 0.623. The number of nitrogens with one attached hydrogen (secondary N) is 1. The van der Waals surface area contributed by atoms with Crippen molar-refractivity contribution in [3.8, 4) is 0 Å². The van der Waals surface area contributed by atoms with Gasteiger partial charge in [-0.25, -0.2) is 9.07 Å². The van der Waals surface area contributed by atoms with Crippen LogP contribution in [0, 0.1) is 5.82 Å². The minimum atomic E-state index is -4.75. The molecule has 1 N–H and O–H groups in total. The number of aromatic nitrogens is 3. The maximum Gasteiger partial charge on any atom is 0.453 e. The molecule has 10 heteroatoms. The van der Waals surface area contributed by atoms with E-state index in [1.165, 1.54) is 30.5 Å². The van der Waals surface area contributed by atoms with Gasteiger partial charge in [0.05, 0.1) is 6.26 Å². The van der Waals surface area contributed by atoms with Gasteiger partial charge < -0.3 is 9.73 Å². The summed E-state index contributed by atoms with van der Waals surface area (Å²) in [6, 6.07) is 7.78. The molecule has 6 nitrogen and oxygen atoms in total. The summed E-state index contributed by atoms with van der Waals surface area (Å²) in [6.45, 7) is 0. The zero-order valence-electron chi connectivity index (χ0n) is 15.3. The van der Waals surface area contributed by atoms with Gasteiger partial charge in [-0.05, 0) is 36.2 Å². The first kappa shape index (κ1) is 18.6. The van der Waals surface area contributed by atoms with E-state index in [0.717, 1.165) is 4.68 Å². The summed E-state index contributed by atoms with van der Waals surface area (Å²) in [7, 11) is 0. The molecule has 0 unspecified atom stereocenters. The Hall–Kier alpha value is -3.43. The Morgan fingerprint density at radius 3 is 2.57 bits per heavy atom. The number of Topliss-reactive ketones (excluding diaryl/α,β-unsaturated/α-hetero) is 1. The number of carbonyl (C=O) groups is 1. The van der Waals surface area contributed by atoms with E-state index in [4.69, 9.17) is 4.42 Å². The van der Waals surface area contributed by atoms with Gasteiger partial charge in [0, 0.05) is 23.6 Å². The molecule has 154 valence electrons.